The van der Waals surface area contributed by atoms with Crippen LogP contribution in [0.2, 0.25) is 0 Å². The van der Waals surface area contributed by atoms with Gasteiger partial charge in [0.2, 0.25) is 0 Å². The molecule has 1 atom stereocenters. The van der Waals surface area contributed by atoms with Gasteiger partial charge < -0.3 is 9.84 Å². The Morgan fingerprint density at radius 3 is 2.44 bits per heavy atom. The minimum absolute atomic E-state index is 0.275. The number of alkyl halides is 3. The molecular weight excluding hydrogens is 228 g/mol. The molecule has 0 aliphatic heterocycles. The van der Waals surface area contributed by atoms with E-state index in [1.807, 2.05) is 0 Å². The van der Waals surface area contributed by atoms with Gasteiger partial charge in [-0.2, -0.15) is 13.2 Å². The van der Waals surface area contributed by atoms with Gasteiger partial charge >= 0.3 is 6.18 Å². The highest BCUT2D eigenvalue weighted by Gasteiger charge is 2.28. The average Bonchev–Trinajstić information content (AvgIpc) is 2.14. The second kappa shape index (κ2) is 4.69. The lowest BCUT2D eigenvalue weighted by Gasteiger charge is -2.11. The van der Waals surface area contributed by atoms with E-state index in [4.69, 9.17) is 5.11 Å². The normalized spacial score (nSPS) is 13.6. The third-order valence-electron chi connectivity index (χ3n) is 1.83. The summed E-state index contributed by atoms with van der Waals surface area (Å²) in [6, 6.07) is 3.30. The minimum Gasteiger partial charge on any atom is -0.481 e. The molecule has 1 aromatic carbocycles. The van der Waals surface area contributed by atoms with Crippen molar-refractivity contribution in [2.24, 2.45) is 0 Å². The SMILES string of the molecule is CC(O)c1ccc(OCC(F)(F)F)c(F)c1. The van der Waals surface area contributed by atoms with Crippen molar-refractivity contribution in [1.82, 2.24) is 0 Å². The predicted octanol–water partition coefficient (Wildman–Crippen LogP) is 2.82. The average molecular weight is 238 g/mol. The van der Waals surface area contributed by atoms with Crippen molar-refractivity contribution in [3.05, 3.63) is 29.6 Å². The molecule has 90 valence electrons. The Labute approximate surface area is 89.5 Å². The second-order valence-corrected chi connectivity index (χ2v) is 3.27. The zero-order valence-electron chi connectivity index (χ0n) is 8.38. The van der Waals surface area contributed by atoms with Crippen molar-refractivity contribution in [3.8, 4) is 5.75 Å². The van der Waals surface area contributed by atoms with Crippen molar-refractivity contribution >= 4 is 0 Å². The number of halogens is 4. The zero-order valence-corrected chi connectivity index (χ0v) is 8.38. The lowest BCUT2D eigenvalue weighted by atomic mass is 10.1. The van der Waals surface area contributed by atoms with Gasteiger partial charge in [0, 0.05) is 0 Å². The molecule has 0 amide bonds. The van der Waals surface area contributed by atoms with E-state index in [0.717, 1.165) is 12.1 Å². The van der Waals surface area contributed by atoms with Crippen LogP contribution in [0, 0.1) is 5.82 Å². The monoisotopic (exact) mass is 238 g/mol. The molecule has 1 rings (SSSR count). The van der Waals surface area contributed by atoms with Crippen LogP contribution in [0.15, 0.2) is 18.2 Å². The van der Waals surface area contributed by atoms with Gasteiger partial charge in [-0.3, -0.25) is 0 Å². The van der Waals surface area contributed by atoms with Crippen molar-refractivity contribution in [3.63, 3.8) is 0 Å². The highest BCUT2D eigenvalue weighted by Crippen LogP contribution is 2.24. The Kier molecular flexibility index (Phi) is 3.74. The molecule has 0 fully saturated rings. The molecule has 1 unspecified atom stereocenters. The molecule has 2 nitrogen and oxygen atoms in total. The highest BCUT2D eigenvalue weighted by atomic mass is 19.4. The first-order valence-electron chi connectivity index (χ1n) is 4.46. The van der Waals surface area contributed by atoms with E-state index in [2.05, 4.69) is 4.74 Å². The van der Waals surface area contributed by atoms with E-state index < -0.39 is 30.5 Å². The summed E-state index contributed by atoms with van der Waals surface area (Å²) < 4.78 is 52.8. The number of hydrogen-bond donors (Lipinski definition) is 1. The van der Waals surface area contributed by atoms with Crippen molar-refractivity contribution in [2.75, 3.05) is 6.61 Å². The fourth-order valence-electron chi connectivity index (χ4n) is 1.05. The Hall–Kier alpha value is -1.30. The molecule has 0 aromatic heterocycles. The molecule has 0 aliphatic rings. The highest BCUT2D eigenvalue weighted by molar-refractivity contribution is 5.30. The van der Waals surface area contributed by atoms with Crippen LogP contribution in [0.25, 0.3) is 0 Å². The largest absolute Gasteiger partial charge is 0.481 e. The molecule has 1 aromatic rings. The summed E-state index contributed by atoms with van der Waals surface area (Å²) in [5.74, 6) is -1.41. The molecule has 0 saturated heterocycles. The maximum atomic E-state index is 13.2. The van der Waals surface area contributed by atoms with Crippen LogP contribution in [0.3, 0.4) is 0 Å². The van der Waals surface area contributed by atoms with Crippen LogP contribution in [0.1, 0.15) is 18.6 Å². The molecule has 0 aliphatic carbocycles. The van der Waals surface area contributed by atoms with Gasteiger partial charge in [-0.1, -0.05) is 6.07 Å². The van der Waals surface area contributed by atoms with Crippen molar-refractivity contribution in [1.29, 1.82) is 0 Å². The van der Waals surface area contributed by atoms with Crippen LogP contribution in [0.5, 0.6) is 5.75 Å². The summed E-state index contributed by atoms with van der Waals surface area (Å²) in [6.45, 7) is -0.122. The first kappa shape index (κ1) is 12.8. The van der Waals surface area contributed by atoms with E-state index in [1.54, 1.807) is 0 Å². The Bertz CT molecular complexity index is 360. The standard InChI is InChI=1S/C10H10F4O2/c1-6(15)7-2-3-9(8(11)4-7)16-5-10(12,13)14/h2-4,6,15H,5H2,1H3. The Morgan fingerprint density at radius 2 is 2.00 bits per heavy atom. The van der Waals surface area contributed by atoms with Crippen molar-refractivity contribution < 1.29 is 27.4 Å². The van der Waals surface area contributed by atoms with Gasteiger partial charge in [-0.05, 0) is 24.6 Å². The molecule has 0 heterocycles. The van der Waals surface area contributed by atoms with Crippen LogP contribution in [-0.4, -0.2) is 17.9 Å². The second-order valence-electron chi connectivity index (χ2n) is 3.27. The fourth-order valence-corrected chi connectivity index (χ4v) is 1.05. The molecule has 0 saturated carbocycles. The first-order valence-corrected chi connectivity index (χ1v) is 4.46. The summed E-state index contributed by atoms with van der Waals surface area (Å²) in [4.78, 5) is 0. The summed E-state index contributed by atoms with van der Waals surface area (Å²) >= 11 is 0. The summed E-state index contributed by atoms with van der Waals surface area (Å²) in [5.41, 5.74) is 0.275. The first-order chi connectivity index (χ1) is 7.29. The number of ether oxygens (including phenoxy) is 1. The van der Waals surface area contributed by atoms with Gasteiger partial charge in [0.1, 0.15) is 0 Å². The van der Waals surface area contributed by atoms with E-state index in [0.29, 0.717) is 0 Å². The number of benzene rings is 1. The topological polar surface area (TPSA) is 29.5 Å². The van der Waals surface area contributed by atoms with Crippen molar-refractivity contribution in [2.45, 2.75) is 19.2 Å². The summed E-state index contributed by atoms with van der Waals surface area (Å²) in [6.07, 6.45) is -5.39. The number of hydrogen-bond acceptors (Lipinski definition) is 2. The van der Waals surface area contributed by atoms with Gasteiger partial charge in [0.25, 0.3) is 0 Å². The number of aliphatic hydroxyl groups excluding tert-OH is 1. The number of aliphatic hydroxyl groups is 1. The summed E-state index contributed by atoms with van der Waals surface area (Å²) in [7, 11) is 0. The maximum absolute atomic E-state index is 13.2. The van der Waals surface area contributed by atoms with Crippen LogP contribution in [-0.2, 0) is 0 Å². The third kappa shape index (κ3) is 3.69. The molecule has 16 heavy (non-hydrogen) atoms. The predicted molar refractivity (Wildman–Crippen MR) is 48.6 cm³/mol. The maximum Gasteiger partial charge on any atom is 0.422 e. The van der Waals surface area contributed by atoms with E-state index in [9.17, 15) is 17.6 Å². The molecule has 1 N–H and O–H groups in total. The van der Waals surface area contributed by atoms with Crippen LogP contribution >= 0.6 is 0 Å². The van der Waals surface area contributed by atoms with E-state index >= 15 is 0 Å². The summed E-state index contributed by atoms with van der Waals surface area (Å²) in [5, 5.41) is 9.11. The molecular formula is C10H10F4O2. The Balaban J connectivity index is 2.76. The number of rotatable bonds is 3. The zero-order chi connectivity index (χ0) is 12.3. The van der Waals surface area contributed by atoms with Gasteiger partial charge in [-0.15, -0.1) is 0 Å². The fraction of sp³-hybridized carbons (Fsp3) is 0.400. The molecule has 0 radical (unpaired) electrons. The van der Waals surface area contributed by atoms with Crippen LogP contribution in [0.4, 0.5) is 17.6 Å². The Morgan fingerprint density at radius 1 is 1.38 bits per heavy atom. The molecule has 0 bridgehead atoms. The van der Waals surface area contributed by atoms with Gasteiger partial charge in [0.05, 0.1) is 6.10 Å². The van der Waals surface area contributed by atoms with E-state index in [1.165, 1.54) is 13.0 Å². The van der Waals surface area contributed by atoms with Gasteiger partial charge in [-0.25, -0.2) is 4.39 Å². The molecule has 6 heteroatoms. The lowest BCUT2D eigenvalue weighted by molar-refractivity contribution is -0.153. The quantitative estimate of drug-likeness (QED) is 0.820. The minimum atomic E-state index is -4.50. The van der Waals surface area contributed by atoms with Gasteiger partial charge in [0.15, 0.2) is 18.2 Å². The molecule has 0 spiro atoms. The van der Waals surface area contributed by atoms with Crippen LogP contribution < -0.4 is 4.74 Å². The third-order valence-corrected chi connectivity index (χ3v) is 1.83. The smallest absolute Gasteiger partial charge is 0.422 e. The van der Waals surface area contributed by atoms with E-state index in [-0.39, 0.29) is 5.56 Å². The lowest BCUT2D eigenvalue weighted by Crippen LogP contribution is -2.19.